The maximum Gasteiger partial charge on any atom is 0.259 e. The van der Waals surface area contributed by atoms with E-state index in [-0.39, 0.29) is 28.5 Å². The van der Waals surface area contributed by atoms with Crippen LogP contribution in [-0.4, -0.2) is 54.1 Å². The summed E-state index contributed by atoms with van der Waals surface area (Å²) in [5.41, 5.74) is 0.558. The third-order valence-electron chi connectivity index (χ3n) is 7.94. The summed E-state index contributed by atoms with van der Waals surface area (Å²) in [4.78, 5) is 42.2. The Morgan fingerprint density at radius 3 is 2.28 bits per heavy atom. The van der Waals surface area contributed by atoms with Gasteiger partial charge in [-0.1, -0.05) is 50.1 Å². The zero-order valence-corrected chi connectivity index (χ0v) is 21.6. The van der Waals surface area contributed by atoms with E-state index in [0.717, 1.165) is 50.5 Å². The lowest BCUT2D eigenvalue weighted by molar-refractivity contribution is 0.0487. The first kappa shape index (κ1) is 26.1. The van der Waals surface area contributed by atoms with Gasteiger partial charge in [0.1, 0.15) is 11.1 Å². The van der Waals surface area contributed by atoms with Gasteiger partial charge in [0.05, 0.1) is 0 Å². The number of amides is 2. The molecule has 4 rings (SSSR count). The van der Waals surface area contributed by atoms with E-state index in [0.29, 0.717) is 32.8 Å². The molecular formula is C29H39N3O4. The highest BCUT2D eigenvalue weighted by atomic mass is 16.5. The summed E-state index contributed by atoms with van der Waals surface area (Å²) in [6.07, 6.45) is 9.74. The second-order valence-electron chi connectivity index (χ2n) is 10.3. The van der Waals surface area contributed by atoms with E-state index in [1.165, 1.54) is 0 Å². The minimum absolute atomic E-state index is 0.0336. The van der Waals surface area contributed by atoms with E-state index in [4.69, 9.17) is 4.74 Å². The molecule has 2 saturated heterocycles. The third kappa shape index (κ3) is 5.72. The lowest BCUT2D eigenvalue weighted by Gasteiger charge is -2.38. The molecule has 1 aromatic heterocycles. The van der Waals surface area contributed by atoms with Crippen LogP contribution in [0.1, 0.15) is 91.1 Å². The zero-order valence-electron chi connectivity index (χ0n) is 21.6. The van der Waals surface area contributed by atoms with Crippen molar-refractivity contribution in [2.45, 2.75) is 70.3 Å². The highest BCUT2D eigenvalue weighted by Gasteiger charge is 2.35. The Morgan fingerprint density at radius 1 is 1.00 bits per heavy atom. The molecule has 0 bridgehead atoms. The average Bonchev–Trinajstić information content (AvgIpc) is 3.22. The van der Waals surface area contributed by atoms with Gasteiger partial charge in [0.15, 0.2) is 0 Å². The van der Waals surface area contributed by atoms with Crippen LogP contribution in [0.4, 0.5) is 0 Å². The molecule has 7 nitrogen and oxygen atoms in total. The molecule has 7 heteroatoms. The Labute approximate surface area is 213 Å². The van der Waals surface area contributed by atoms with Crippen LogP contribution in [0.5, 0.6) is 0 Å². The van der Waals surface area contributed by atoms with Crippen LogP contribution >= 0.6 is 0 Å². The van der Waals surface area contributed by atoms with Gasteiger partial charge >= 0.3 is 0 Å². The van der Waals surface area contributed by atoms with E-state index in [1.54, 1.807) is 17.3 Å². The van der Waals surface area contributed by atoms with E-state index < -0.39 is 11.3 Å². The molecule has 2 aromatic rings. The van der Waals surface area contributed by atoms with Crippen molar-refractivity contribution in [3.8, 4) is 0 Å². The summed E-state index contributed by atoms with van der Waals surface area (Å²) in [6, 6.07) is 10.2. The number of aromatic nitrogens is 1. The lowest BCUT2D eigenvalue weighted by atomic mass is 9.74. The van der Waals surface area contributed by atoms with Crippen molar-refractivity contribution in [3.63, 3.8) is 0 Å². The van der Waals surface area contributed by atoms with Crippen molar-refractivity contribution in [3.05, 3.63) is 69.6 Å². The maximum atomic E-state index is 13.5. The van der Waals surface area contributed by atoms with Gasteiger partial charge in [0.25, 0.3) is 11.8 Å². The fraction of sp³-hybridized carbons (Fsp3) is 0.552. The number of carbonyl (C=O) groups is 2. The molecule has 2 fully saturated rings. The normalized spacial score (nSPS) is 18.8. The molecule has 194 valence electrons. The maximum absolute atomic E-state index is 13.5. The fourth-order valence-corrected chi connectivity index (χ4v) is 5.29. The second-order valence-corrected chi connectivity index (χ2v) is 10.3. The van der Waals surface area contributed by atoms with Gasteiger partial charge in [0, 0.05) is 56.7 Å². The first-order valence-corrected chi connectivity index (χ1v) is 13.4. The number of nitrogens with one attached hydrogen (secondary N) is 1. The van der Waals surface area contributed by atoms with Gasteiger partial charge in [-0.3, -0.25) is 14.4 Å². The molecule has 0 radical (unpaired) electrons. The highest BCUT2D eigenvalue weighted by Crippen LogP contribution is 2.34. The predicted octanol–water partition coefficient (Wildman–Crippen LogP) is 4.31. The quantitative estimate of drug-likeness (QED) is 0.623. The minimum atomic E-state index is -0.484. The number of ether oxygens (including phenoxy) is 1. The summed E-state index contributed by atoms with van der Waals surface area (Å²) >= 11 is 0. The summed E-state index contributed by atoms with van der Waals surface area (Å²) in [6.45, 7) is 7.05. The average molecular weight is 494 g/mol. The molecule has 1 aromatic carbocycles. The van der Waals surface area contributed by atoms with Crippen molar-refractivity contribution < 1.29 is 14.3 Å². The Morgan fingerprint density at radius 2 is 1.64 bits per heavy atom. The van der Waals surface area contributed by atoms with Crippen LogP contribution in [0.2, 0.25) is 0 Å². The predicted molar refractivity (Wildman–Crippen MR) is 141 cm³/mol. The number of rotatable bonds is 7. The number of nitrogens with zero attached hydrogens (tertiary/aromatic N) is 2. The molecule has 36 heavy (non-hydrogen) atoms. The van der Waals surface area contributed by atoms with Crippen LogP contribution in [0, 0.1) is 0 Å². The molecule has 2 aliphatic heterocycles. The van der Waals surface area contributed by atoms with Crippen LogP contribution in [-0.2, 0) is 10.2 Å². The molecule has 0 unspecified atom stereocenters. The molecule has 1 atom stereocenters. The Kier molecular flexibility index (Phi) is 8.62. The first-order valence-electron chi connectivity index (χ1n) is 13.4. The number of carbonyl (C=O) groups excluding carboxylic acids is 2. The second kappa shape index (κ2) is 11.9. The molecule has 3 heterocycles. The zero-order chi connectivity index (χ0) is 25.5. The van der Waals surface area contributed by atoms with Gasteiger partial charge in [-0.05, 0) is 44.6 Å². The topological polar surface area (TPSA) is 80.6 Å². The Bertz CT molecular complexity index is 1100. The molecule has 0 aliphatic carbocycles. The van der Waals surface area contributed by atoms with Gasteiger partial charge in [0.2, 0.25) is 5.43 Å². The van der Waals surface area contributed by atoms with Gasteiger partial charge in [-0.2, -0.15) is 0 Å². The molecule has 0 saturated carbocycles. The standard InChI is InChI=1S/C29H39N3O4/c1-3-22(2)32-19-24(26(33)25(20-32)28(35)31-15-9-4-5-10-16-31)27(34)30-21-29(13-17-36-18-14-29)23-11-7-6-8-12-23/h6-8,11-12,19-20,22H,3-5,9-10,13-18,21H2,1-2H3,(H,30,34)/t22-/m0/s1. The number of hydrogen-bond acceptors (Lipinski definition) is 4. The summed E-state index contributed by atoms with van der Waals surface area (Å²) in [5, 5.41) is 3.06. The monoisotopic (exact) mass is 493 g/mol. The van der Waals surface area contributed by atoms with Crippen LogP contribution in [0.15, 0.2) is 47.5 Å². The molecule has 1 N–H and O–H groups in total. The minimum Gasteiger partial charge on any atom is -0.381 e. The SMILES string of the molecule is CC[C@H](C)n1cc(C(=O)NCC2(c3ccccc3)CCOCC2)c(=O)c(C(=O)N2CCCCCC2)c1. The van der Waals surface area contributed by atoms with Gasteiger partial charge in [-0.15, -0.1) is 0 Å². The molecular weight excluding hydrogens is 454 g/mol. The lowest BCUT2D eigenvalue weighted by Crippen LogP contribution is -2.46. The third-order valence-corrected chi connectivity index (χ3v) is 7.94. The van der Waals surface area contributed by atoms with E-state index in [2.05, 4.69) is 17.4 Å². The van der Waals surface area contributed by atoms with Crippen molar-refractivity contribution in [1.29, 1.82) is 0 Å². The Balaban J connectivity index is 1.63. The van der Waals surface area contributed by atoms with Crippen LogP contribution in [0.3, 0.4) is 0 Å². The van der Waals surface area contributed by atoms with E-state index >= 15 is 0 Å². The van der Waals surface area contributed by atoms with E-state index in [1.807, 2.05) is 36.6 Å². The highest BCUT2D eigenvalue weighted by molar-refractivity contribution is 5.99. The van der Waals surface area contributed by atoms with Crippen molar-refractivity contribution in [2.75, 3.05) is 32.8 Å². The van der Waals surface area contributed by atoms with Crippen LogP contribution in [0.25, 0.3) is 0 Å². The molecule has 2 aliphatic rings. The fourth-order valence-electron chi connectivity index (χ4n) is 5.29. The largest absolute Gasteiger partial charge is 0.381 e. The van der Waals surface area contributed by atoms with Crippen molar-refractivity contribution >= 4 is 11.8 Å². The number of pyridine rings is 1. The van der Waals surface area contributed by atoms with E-state index in [9.17, 15) is 14.4 Å². The molecule has 0 spiro atoms. The number of benzene rings is 1. The summed E-state index contributed by atoms with van der Waals surface area (Å²) in [7, 11) is 0. The first-order chi connectivity index (χ1) is 17.4. The number of likely N-dealkylation sites (tertiary alicyclic amines) is 1. The van der Waals surface area contributed by atoms with Gasteiger partial charge in [-0.25, -0.2) is 0 Å². The summed E-state index contributed by atoms with van der Waals surface area (Å²) < 4.78 is 7.46. The van der Waals surface area contributed by atoms with Crippen molar-refractivity contribution in [1.82, 2.24) is 14.8 Å². The van der Waals surface area contributed by atoms with Gasteiger partial charge < -0.3 is 19.5 Å². The Hall–Kier alpha value is -2.93. The number of hydrogen-bond donors (Lipinski definition) is 1. The smallest absolute Gasteiger partial charge is 0.259 e. The van der Waals surface area contributed by atoms with Crippen LogP contribution < -0.4 is 10.7 Å². The van der Waals surface area contributed by atoms with Crippen molar-refractivity contribution in [2.24, 2.45) is 0 Å². The summed E-state index contributed by atoms with van der Waals surface area (Å²) in [5.74, 6) is -0.692. The molecule has 2 amide bonds.